The highest BCUT2D eigenvalue weighted by atomic mass is 15.2. The van der Waals surface area contributed by atoms with Gasteiger partial charge in [0.2, 0.25) is 0 Å². The third kappa shape index (κ3) is 17.3. The minimum Gasteiger partial charge on any atom is -0.310 e. The van der Waals surface area contributed by atoms with E-state index in [4.69, 9.17) is 0 Å². The van der Waals surface area contributed by atoms with Crippen molar-refractivity contribution in [2.75, 3.05) is 9.80 Å². The van der Waals surface area contributed by atoms with Crippen LogP contribution in [0.1, 0.15) is 352 Å². The van der Waals surface area contributed by atoms with Crippen LogP contribution in [0.25, 0.3) is 111 Å². The lowest BCUT2D eigenvalue weighted by Crippen LogP contribution is -2.61. The van der Waals surface area contributed by atoms with E-state index < -0.39 is 199 Å². The van der Waals surface area contributed by atoms with Crippen molar-refractivity contribution >= 4 is 101 Å². The number of benzene rings is 14. The molecule has 0 spiro atoms. The Morgan fingerprint density at radius 3 is 0.912 bits per heavy atom. The summed E-state index contributed by atoms with van der Waals surface area (Å²) in [5.41, 5.74) is -6.01. The number of para-hydroxylation sites is 2. The van der Waals surface area contributed by atoms with Crippen LogP contribution in [-0.2, 0) is 65.0 Å². The van der Waals surface area contributed by atoms with Gasteiger partial charge in [-0.1, -0.05) is 413 Å². The summed E-state index contributed by atoms with van der Waals surface area (Å²) in [7, 11) is 0. The van der Waals surface area contributed by atoms with Gasteiger partial charge in [0.1, 0.15) is 0 Å². The Morgan fingerprint density at radius 1 is 0.219 bits per heavy atom. The lowest BCUT2D eigenvalue weighted by atomic mass is 9.33. The Hall–Kier alpha value is -11.7. The summed E-state index contributed by atoms with van der Waals surface area (Å²) in [6.07, 6.45) is 0. The molecule has 702 valence electrons. The van der Waals surface area contributed by atoms with E-state index in [1.54, 1.807) is 64.6 Å². The van der Waals surface area contributed by atoms with Crippen molar-refractivity contribution in [2.24, 2.45) is 0 Å². The van der Waals surface area contributed by atoms with Gasteiger partial charge in [0, 0.05) is 77.9 Å². The van der Waals surface area contributed by atoms with E-state index in [1.165, 1.54) is 4.57 Å². The Kier molecular flexibility index (Phi) is 16.2. The van der Waals surface area contributed by atoms with Crippen molar-refractivity contribution in [1.29, 1.82) is 0 Å². The predicted octanol–water partition coefficient (Wildman–Crippen LogP) is 35.9. The van der Waals surface area contributed by atoms with E-state index in [-0.39, 0.29) is 186 Å². The molecule has 0 N–H and O–H groups in total. The normalized spacial score (nSPS) is 16.6. The van der Waals surface area contributed by atoms with E-state index in [1.807, 2.05) is 160 Å². The molecule has 0 bridgehead atoms. The molecule has 0 saturated carbocycles. The van der Waals surface area contributed by atoms with Gasteiger partial charge in [0.05, 0.1) is 69.1 Å². The van der Waals surface area contributed by atoms with Crippen LogP contribution in [0.2, 0.25) is 0 Å². The monoisotopic (exact) mass is 1830 g/mol. The fourth-order valence-corrected chi connectivity index (χ4v) is 19.2. The number of aromatic nitrogens is 2. The van der Waals surface area contributed by atoms with E-state index in [9.17, 15) is 35.6 Å². The van der Waals surface area contributed by atoms with Crippen molar-refractivity contribution in [3.05, 3.63) is 327 Å². The second-order valence-electron chi connectivity index (χ2n) is 50.8. The van der Waals surface area contributed by atoms with Crippen LogP contribution in [0.4, 0.5) is 34.1 Å². The lowest BCUT2D eigenvalue weighted by Gasteiger charge is -2.46. The molecule has 16 aromatic rings. The summed E-state index contributed by atoms with van der Waals surface area (Å²) in [6.45, 7) is 68.4. The Labute approximate surface area is 859 Å². The summed E-state index contributed by atoms with van der Waals surface area (Å²) in [6, 6.07) is 20.9. The summed E-state index contributed by atoms with van der Waals surface area (Å²) >= 11 is 0. The number of fused-ring (bicyclic) bond motifs is 10. The van der Waals surface area contributed by atoms with E-state index in [2.05, 4.69) is 142 Å². The third-order valence-electron chi connectivity index (χ3n) is 27.4. The van der Waals surface area contributed by atoms with Gasteiger partial charge >= 0.3 is 0 Å². The maximum absolute atomic E-state index is 12.1. The molecule has 0 aliphatic carbocycles. The number of anilines is 6. The van der Waals surface area contributed by atoms with Crippen LogP contribution in [0.15, 0.2) is 260 Å². The zero-order chi connectivity index (χ0) is 122. The first-order valence-electron chi connectivity index (χ1n) is 61.6. The zero-order valence-corrected chi connectivity index (χ0v) is 87.7. The van der Waals surface area contributed by atoms with Crippen LogP contribution in [0.5, 0.6) is 0 Å². The minimum atomic E-state index is -1.35. The molecule has 2 aromatic heterocycles. The molecule has 4 nitrogen and oxygen atoms in total. The SMILES string of the molecule is [2H]c1c([2H])c(C(C)(C)C)c(-c2c([2H])c(C(C)(C)C)c([2H])c(-c3c([2H])c([2H])c(C(C)(C)C)c([2H])c3[2H])c2N2c3cc(-n4c5c([2H])c([2H])c([2H])c([2H])c5c5c([2H])c([2H])c([2H])c([2H])c54)ccc3B3c4ccc(-n5c6ccc(C(C)(C)C)cc6c6cc(C(C)(C)C)ccc65)cc4N(c4c(-c5c([2H])c([2H])c(C(C)(C)C)c([2H])c5[2H])c([2H])c(C(C)(C)C)c([2H])c4-c4c([2H])c(C(C)(C)C)c([2H])c(C(C)(C)C)c4[2H])c4cc(-c5cc(C(C)(C)C)cc(C(C)(C)C)c5)cc2c43)c(C(C)(C)C)c1[2H]. The Balaban J connectivity index is 1.25. The molecule has 18 rings (SSSR count). The molecule has 5 heteroatoms. The van der Waals surface area contributed by atoms with Gasteiger partial charge in [-0.3, -0.25) is 0 Å². The lowest BCUT2D eigenvalue weighted by molar-refractivity contribution is 0.568. The zero-order valence-electron chi connectivity index (χ0n) is 114. The summed E-state index contributed by atoms with van der Waals surface area (Å²) in [4.78, 5) is 3.70. The maximum Gasteiger partial charge on any atom is 0.252 e. The third-order valence-corrected chi connectivity index (χ3v) is 27.4. The molecular formula is C132H151BN4. The molecule has 0 saturated heterocycles. The average Bonchev–Trinajstić information content (AvgIpc) is 0.945. The molecule has 0 unspecified atom stereocenters. The number of rotatable bonds is 9. The smallest absolute Gasteiger partial charge is 0.252 e. The molecule has 0 radical (unpaired) electrons. The van der Waals surface area contributed by atoms with Crippen LogP contribution in [0, 0.1) is 0 Å². The van der Waals surface area contributed by atoms with Crippen LogP contribution < -0.4 is 26.2 Å². The quantitative estimate of drug-likeness (QED) is 0.134. The first-order chi connectivity index (χ1) is 74.4. The Bertz CT molecular complexity index is 8890. The van der Waals surface area contributed by atoms with E-state index >= 15 is 0 Å². The fraction of sp³-hybridized carbons (Fsp3) is 0.364. The van der Waals surface area contributed by atoms with E-state index in [0.717, 1.165) is 44.1 Å². The number of hydrogen-bond acceptors (Lipinski definition) is 2. The molecule has 0 fully saturated rings. The molecule has 0 atom stereocenters. The van der Waals surface area contributed by atoms with Crippen LogP contribution in [-0.4, -0.2) is 15.8 Å². The van der Waals surface area contributed by atoms with Gasteiger partial charge in [-0.15, -0.1) is 0 Å². The molecule has 137 heavy (non-hydrogen) atoms. The molecule has 0 amide bonds. The van der Waals surface area contributed by atoms with Crippen molar-refractivity contribution in [3.63, 3.8) is 0 Å². The second kappa shape index (κ2) is 32.5. The Morgan fingerprint density at radius 2 is 0.547 bits per heavy atom. The molecular weight excluding hydrogens is 1650 g/mol. The standard InChI is InChI=1S/C132H151BN4/c1-121(2,3)85-52-48-80(49-53-85)99-74-93(129(25,26)27)76-101(84-66-91(127(19,20)21)71-92(67-84)128(22,23)24)119(99)136-113-79-96(135-111-62-56-87(123(7,8)9)72-102(111)103-73-88(124(10,11)12)57-63-112(103)135)59-61-107(113)133-108-60-58-95(134-109-46-39-37-42-97(109)98-43-38-40-47-110(98)134)78-114(108)137(116-69-83(68-115(136)118(116)133)82-64-89(125(13,14)15)70-90(65-82)126(16,17)18)120-100(81-50-54-86(55-51-81)122(4,5)6)75-94(130(28,29)30)77-104(120)117-105(131(31,32)33)44-41-45-106(117)132(34,35)36/h37-79H,1-36H3/i37D,38D,39D,40D,41D,42D,43D,44D,45D,46D,47D,48D,49D,50D,51D,52D,53D,54D,55D,66D,67D,71D,74D,75D,76D,77D. The highest BCUT2D eigenvalue weighted by Gasteiger charge is 2.48. The van der Waals surface area contributed by atoms with Crippen molar-refractivity contribution in [1.82, 2.24) is 9.13 Å². The topological polar surface area (TPSA) is 16.3 Å². The fourth-order valence-electron chi connectivity index (χ4n) is 19.2. The average molecular weight is 1830 g/mol. The molecule has 2 aliphatic heterocycles. The van der Waals surface area contributed by atoms with Gasteiger partial charge in [0.25, 0.3) is 6.71 Å². The predicted molar refractivity (Wildman–Crippen MR) is 601 cm³/mol. The van der Waals surface area contributed by atoms with Crippen molar-refractivity contribution < 1.29 is 35.6 Å². The minimum absolute atomic E-state index is 0.00446. The molecule has 4 heterocycles. The largest absolute Gasteiger partial charge is 0.310 e. The van der Waals surface area contributed by atoms with Crippen molar-refractivity contribution in [2.45, 2.75) is 314 Å². The van der Waals surface area contributed by atoms with Gasteiger partial charge in [-0.2, -0.15) is 0 Å². The van der Waals surface area contributed by atoms with Crippen LogP contribution >= 0.6 is 0 Å². The first-order valence-corrected chi connectivity index (χ1v) is 48.6. The van der Waals surface area contributed by atoms with Gasteiger partial charge in [0.15, 0.2) is 0 Å². The number of hydrogen-bond donors (Lipinski definition) is 0. The summed E-state index contributed by atoms with van der Waals surface area (Å²) in [5.74, 6) is 0. The second-order valence-corrected chi connectivity index (χ2v) is 50.8. The van der Waals surface area contributed by atoms with Gasteiger partial charge < -0.3 is 18.9 Å². The van der Waals surface area contributed by atoms with Gasteiger partial charge in [-0.05, 0) is 278 Å². The van der Waals surface area contributed by atoms with Gasteiger partial charge in [-0.25, -0.2) is 0 Å². The van der Waals surface area contributed by atoms with Crippen LogP contribution in [0.3, 0.4) is 0 Å². The van der Waals surface area contributed by atoms with E-state index in [0.29, 0.717) is 27.7 Å². The highest BCUT2D eigenvalue weighted by Crippen LogP contribution is 2.59. The molecule has 14 aromatic carbocycles. The van der Waals surface area contributed by atoms with Crippen molar-refractivity contribution in [3.8, 4) is 67.0 Å². The summed E-state index contributed by atoms with van der Waals surface area (Å²) in [5, 5.41) is 1.26. The maximum atomic E-state index is 12.1. The molecule has 2 aliphatic rings. The highest BCUT2D eigenvalue weighted by molar-refractivity contribution is 7.00. The number of nitrogens with zero attached hydrogens (tertiary/aromatic N) is 4. The first kappa shape index (κ1) is 68.4. The summed E-state index contributed by atoms with van der Waals surface area (Å²) < 4.78 is 284.